The van der Waals surface area contributed by atoms with Gasteiger partial charge in [0.15, 0.2) is 0 Å². The fourth-order valence-electron chi connectivity index (χ4n) is 0.0785. The lowest BCUT2D eigenvalue weighted by molar-refractivity contribution is 1.01. The van der Waals surface area contributed by atoms with E-state index in [1.54, 1.807) is 0 Å². The highest BCUT2D eigenvalue weighted by molar-refractivity contribution is 6.65. The third-order valence-corrected chi connectivity index (χ3v) is 0.406. The summed E-state index contributed by atoms with van der Waals surface area (Å²) in [5, 5.41) is 9.74. The van der Waals surface area contributed by atoms with Crippen LogP contribution in [-0.2, 0) is 0 Å². The molecule has 4 heteroatoms. The topological polar surface area (TPSA) is 37.1 Å². The van der Waals surface area contributed by atoms with Gasteiger partial charge in [-0.25, -0.2) is 0 Å². The molecule has 0 aromatic heterocycles. The zero-order valence-corrected chi connectivity index (χ0v) is 2.98. The summed E-state index contributed by atoms with van der Waals surface area (Å²) >= 11 is 5.04. The average molecular weight is 89.5 g/mol. The van der Waals surface area contributed by atoms with Crippen LogP contribution in [0, 0.1) is 0 Å². The van der Waals surface area contributed by atoms with Gasteiger partial charge in [0.2, 0.25) is 0 Å². The predicted octanol–water partition coefficient (Wildman–Crippen LogP) is 0.962. The molecule has 0 N–H and O–H groups in total. The van der Waals surface area contributed by atoms with Gasteiger partial charge in [0, 0.05) is 0 Å². The third-order valence-electron chi connectivity index (χ3n) is 0.254. The molecule has 1 rings (SSSR count). The Bertz CT molecular complexity index is 93.1. The van der Waals surface area contributed by atoms with Crippen molar-refractivity contribution in [3.05, 3.63) is 0 Å². The van der Waals surface area contributed by atoms with Crippen LogP contribution in [0.4, 0.5) is 0 Å². The van der Waals surface area contributed by atoms with Crippen molar-refractivity contribution in [3.63, 3.8) is 0 Å². The Kier molecular flexibility index (Phi) is 0.420. The van der Waals surface area contributed by atoms with Gasteiger partial charge in [-0.1, -0.05) is 10.2 Å². The highest BCUT2D eigenvalue weighted by Crippen LogP contribution is 1.98. The fraction of sp³-hybridized carbons (Fsp3) is 0. The molecular formula is CClN3. The molecule has 0 radical (unpaired) electrons. The lowest BCUT2D eigenvalue weighted by Gasteiger charge is -1.84. The summed E-state index contributed by atoms with van der Waals surface area (Å²) in [7, 11) is 0. The van der Waals surface area contributed by atoms with Crippen molar-refractivity contribution in [2.24, 2.45) is 15.4 Å². The van der Waals surface area contributed by atoms with E-state index in [4.69, 9.17) is 11.6 Å². The van der Waals surface area contributed by atoms with Crippen molar-refractivity contribution in [3.8, 4) is 0 Å². The minimum Gasteiger partial charge on any atom is -0.0952 e. The maximum absolute atomic E-state index is 5.04. The Morgan fingerprint density at radius 1 is 1.60 bits per heavy atom. The van der Waals surface area contributed by atoms with Crippen molar-refractivity contribution in [2.75, 3.05) is 0 Å². The standard InChI is InChI=1S/CClN3/c2-1-3-5-4-1. The van der Waals surface area contributed by atoms with E-state index in [-0.39, 0.29) is 5.29 Å². The minimum atomic E-state index is 0.241. The molecule has 0 aromatic rings. The molecule has 0 atom stereocenters. The highest BCUT2D eigenvalue weighted by Gasteiger charge is 1.92. The van der Waals surface area contributed by atoms with E-state index in [1.807, 2.05) is 0 Å². The molecule has 0 aromatic carbocycles. The number of hydrogen-bond acceptors (Lipinski definition) is 3. The number of hydrogen-bond donors (Lipinski definition) is 0. The van der Waals surface area contributed by atoms with Gasteiger partial charge in [0.1, 0.15) is 0 Å². The van der Waals surface area contributed by atoms with E-state index >= 15 is 0 Å². The molecule has 0 fully saturated rings. The largest absolute Gasteiger partial charge is 0.266 e. The first-order chi connectivity index (χ1) is 2.39. The van der Waals surface area contributed by atoms with E-state index in [2.05, 4.69) is 15.4 Å². The van der Waals surface area contributed by atoms with Crippen LogP contribution in [-0.4, -0.2) is 5.29 Å². The van der Waals surface area contributed by atoms with Crippen molar-refractivity contribution < 1.29 is 0 Å². The SMILES string of the molecule is ClC1=NN=N1. The van der Waals surface area contributed by atoms with Crippen LogP contribution >= 0.6 is 11.6 Å². The first-order valence-electron chi connectivity index (χ1n) is 1.04. The van der Waals surface area contributed by atoms with Crippen LogP contribution in [0.25, 0.3) is 0 Å². The summed E-state index contributed by atoms with van der Waals surface area (Å²) in [5.41, 5.74) is 0. The summed E-state index contributed by atoms with van der Waals surface area (Å²) in [4.78, 5) is 0. The minimum absolute atomic E-state index is 0.241. The quantitative estimate of drug-likeness (QED) is 0.397. The number of amidine groups is 1. The van der Waals surface area contributed by atoms with E-state index in [1.165, 1.54) is 0 Å². The fourth-order valence-corrected chi connectivity index (χ4v) is 0.146. The molecule has 0 aliphatic carbocycles. The molecular weight excluding hydrogens is 89.5 g/mol. The molecule has 0 saturated carbocycles. The van der Waals surface area contributed by atoms with Gasteiger partial charge in [0.25, 0.3) is 5.29 Å². The summed E-state index contributed by atoms with van der Waals surface area (Å²) in [6, 6.07) is 0. The van der Waals surface area contributed by atoms with Gasteiger partial charge < -0.3 is 0 Å². The van der Waals surface area contributed by atoms with Gasteiger partial charge in [-0.2, -0.15) is 0 Å². The summed E-state index contributed by atoms with van der Waals surface area (Å²) in [5.74, 6) is 0. The Labute approximate surface area is 33.3 Å². The Hall–Kier alpha value is -0.440. The zero-order valence-electron chi connectivity index (χ0n) is 2.22. The van der Waals surface area contributed by atoms with Crippen molar-refractivity contribution in [2.45, 2.75) is 0 Å². The third kappa shape index (κ3) is 0.280. The highest BCUT2D eigenvalue weighted by atomic mass is 35.5. The Morgan fingerprint density at radius 3 is 2.00 bits per heavy atom. The average Bonchev–Trinajstić information content (AvgIpc) is 1.30. The molecule has 3 nitrogen and oxygen atoms in total. The van der Waals surface area contributed by atoms with Crippen LogP contribution in [0.5, 0.6) is 0 Å². The van der Waals surface area contributed by atoms with Crippen molar-refractivity contribution in [1.82, 2.24) is 0 Å². The first kappa shape index (κ1) is 2.78. The van der Waals surface area contributed by atoms with E-state index in [0.29, 0.717) is 0 Å². The van der Waals surface area contributed by atoms with Gasteiger partial charge in [0.05, 0.1) is 0 Å². The lowest BCUT2D eigenvalue weighted by Crippen LogP contribution is -1.82. The molecule has 1 aliphatic rings. The normalized spacial score (nSPS) is 17.4. The zero-order chi connectivity index (χ0) is 3.70. The van der Waals surface area contributed by atoms with E-state index in [0.717, 1.165) is 0 Å². The molecule has 0 unspecified atom stereocenters. The molecule has 0 amide bonds. The van der Waals surface area contributed by atoms with Crippen LogP contribution in [0.2, 0.25) is 0 Å². The molecule has 0 bridgehead atoms. The van der Waals surface area contributed by atoms with Crippen molar-refractivity contribution >= 4 is 16.9 Å². The van der Waals surface area contributed by atoms with Crippen LogP contribution in [0.3, 0.4) is 0 Å². The second-order valence-electron chi connectivity index (χ2n) is 0.558. The van der Waals surface area contributed by atoms with Gasteiger partial charge >= 0.3 is 0 Å². The molecule has 1 heterocycles. The van der Waals surface area contributed by atoms with Gasteiger partial charge in [-0.05, 0) is 16.8 Å². The predicted molar refractivity (Wildman–Crippen MR) is 18.1 cm³/mol. The lowest BCUT2D eigenvalue weighted by atomic mass is 11.3. The number of halogens is 1. The molecule has 5 heavy (non-hydrogen) atoms. The summed E-state index contributed by atoms with van der Waals surface area (Å²) in [6.45, 7) is 0. The second kappa shape index (κ2) is 0.755. The van der Waals surface area contributed by atoms with E-state index < -0.39 is 0 Å². The number of rotatable bonds is 0. The number of nitrogens with zero attached hydrogens (tertiary/aromatic N) is 3. The second-order valence-corrected chi connectivity index (χ2v) is 0.897. The smallest absolute Gasteiger partial charge is 0.0952 e. The summed E-state index contributed by atoms with van der Waals surface area (Å²) < 4.78 is 0. The van der Waals surface area contributed by atoms with Gasteiger partial charge in [-0.15, -0.1) is 0 Å². The van der Waals surface area contributed by atoms with Crippen LogP contribution < -0.4 is 0 Å². The van der Waals surface area contributed by atoms with Crippen LogP contribution in [0.1, 0.15) is 0 Å². The van der Waals surface area contributed by atoms with Gasteiger partial charge in [-0.3, -0.25) is 0 Å². The molecule has 26 valence electrons. The molecule has 0 spiro atoms. The van der Waals surface area contributed by atoms with Crippen molar-refractivity contribution in [1.29, 1.82) is 0 Å². The maximum Gasteiger partial charge on any atom is 0.266 e. The van der Waals surface area contributed by atoms with E-state index in [9.17, 15) is 0 Å². The monoisotopic (exact) mass is 89.0 g/mol. The molecule has 1 aliphatic heterocycles. The Balaban J connectivity index is 2.60. The molecule has 0 saturated heterocycles. The Morgan fingerprint density at radius 2 is 2.00 bits per heavy atom. The maximum atomic E-state index is 5.04. The van der Waals surface area contributed by atoms with Crippen LogP contribution in [0.15, 0.2) is 15.4 Å². The summed E-state index contributed by atoms with van der Waals surface area (Å²) in [6.07, 6.45) is 0. The first-order valence-corrected chi connectivity index (χ1v) is 1.41.